The fraction of sp³-hybridized carbons (Fsp3) is 0.160. The zero-order valence-corrected chi connectivity index (χ0v) is 18.0. The standard InChI is InChI=1S/C25H24N4O3/c1-3-31-24-14-19(16-27-29-25(30)28-22-11-7-4-8-18(22)2)12-13-23(24)32-17-21-10-6-5-9-20(21)15-26/h4-14,16H,3,17H2,1-2H3,(H2,28,29,30). The summed E-state index contributed by atoms with van der Waals surface area (Å²) in [6.07, 6.45) is 1.52. The van der Waals surface area contributed by atoms with E-state index in [1.165, 1.54) is 6.21 Å². The van der Waals surface area contributed by atoms with Gasteiger partial charge in [-0.3, -0.25) is 0 Å². The van der Waals surface area contributed by atoms with Crippen molar-refractivity contribution in [3.05, 3.63) is 89.0 Å². The third-order valence-electron chi connectivity index (χ3n) is 4.56. The molecule has 3 rings (SSSR count). The number of ether oxygens (including phenoxy) is 2. The number of aryl methyl sites for hydroxylation is 1. The highest BCUT2D eigenvalue weighted by Crippen LogP contribution is 2.29. The zero-order valence-electron chi connectivity index (χ0n) is 18.0. The van der Waals surface area contributed by atoms with E-state index in [0.717, 1.165) is 22.4 Å². The predicted molar refractivity (Wildman–Crippen MR) is 124 cm³/mol. The molecular formula is C25H24N4O3. The molecule has 0 unspecified atom stereocenters. The van der Waals surface area contributed by atoms with Crippen molar-refractivity contribution in [3.63, 3.8) is 0 Å². The molecule has 32 heavy (non-hydrogen) atoms. The Labute approximate surface area is 187 Å². The van der Waals surface area contributed by atoms with E-state index in [-0.39, 0.29) is 6.61 Å². The number of carbonyl (C=O) groups excluding carboxylic acids is 1. The Morgan fingerprint density at radius 1 is 1.06 bits per heavy atom. The first-order valence-electron chi connectivity index (χ1n) is 10.1. The molecule has 0 bridgehead atoms. The molecule has 0 saturated carbocycles. The molecule has 0 spiro atoms. The van der Waals surface area contributed by atoms with E-state index in [2.05, 4.69) is 21.9 Å². The minimum Gasteiger partial charge on any atom is -0.490 e. The maximum Gasteiger partial charge on any atom is 0.339 e. The van der Waals surface area contributed by atoms with E-state index in [9.17, 15) is 10.1 Å². The first-order valence-corrected chi connectivity index (χ1v) is 10.1. The smallest absolute Gasteiger partial charge is 0.339 e. The molecule has 0 heterocycles. The summed E-state index contributed by atoms with van der Waals surface area (Å²) in [5.74, 6) is 1.11. The molecule has 0 aliphatic rings. The Hall–Kier alpha value is -4.31. The fourth-order valence-electron chi connectivity index (χ4n) is 2.93. The van der Waals surface area contributed by atoms with Crippen LogP contribution in [0.4, 0.5) is 10.5 Å². The van der Waals surface area contributed by atoms with E-state index < -0.39 is 6.03 Å². The monoisotopic (exact) mass is 428 g/mol. The van der Waals surface area contributed by atoms with Gasteiger partial charge in [-0.2, -0.15) is 10.4 Å². The van der Waals surface area contributed by atoms with E-state index >= 15 is 0 Å². The van der Waals surface area contributed by atoms with Crippen LogP contribution in [0.15, 0.2) is 71.8 Å². The van der Waals surface area contributed by atoms with Crippen molar-refractivity contribution in [1.29, 1.82) is 5.26 Å². The van der Waals surface area contributed by atoms with Gasteiger partial charge in [-0.15, -0.1) is 0 Å². The van der Waals surface area contributed by atoms with Gasteiger partial charge in [0.05, 0.1) is 24.5 Å². The summed E-state index contributed by atoms with van der Waals surface area (Å²) in [6, 6.07) is 21.9. The molecule has 0 saturated heterocycles. The van der Waals surface area contributed by atoms with Crippen LogP contribution in [0.1, 0.15) is 29.2 Å². The second-order valence-electron chi connectivity index (χ2n) is 6.84. The van der Waals surface area contributed by atoms with Crippen molar-refractivity contribution in [3.8, 4) is 17.6 Å². The number of para-hydroxylation sites is 1. The van der Waals surface area contributed by atoms with Crippen molar-refractivity contribution in [2.24, 2.45) is 5.10 Å². The van der Waals surface area contributed by atoms with E-state index in [0.29, 0.717) is 23.7 Å². The minimum absolute atomic E-state index is 0.248. The highest BCUT2D eigenvalue weighted by atomic mass is 16.5. The second kappa shape index (κ2) is 11.2. The van der Waals surface area contributed by atoms with Crippen LogP contribution in [-0.4, -0.2) is 18.9 Å². The van der Waals surface area contributed by atoms with Crippen LogP contribution >= 0.6 is 0 Å². The molecule has 0 aliphatic heterocycles. The second-order valence-corrected chi connectivity index (χ2v) is 6.84. The van der Waals surface area contributed by atoms with Gasteiger partial charge in [-0.1, -0.05) is 36.4 Å². The summed E-state index contributed by atoms with van der Waals surface area (Å²) in [4.78, 5) is 12.0. The molecule has 7 nitrogen and oxygen atoms in total. The quantitative estimate of drug-likeness (QED) is 0.390. The zero-order chi connectivity index (χ0) is 22.8. The Bertz CT molecular complexity index is 1150. The number of anilines is 1. The Balaban J connectivity index is 1.64. The van der Waals surface area contributed by atoms with Gasteiger partial charge in [0.15, 0.2) is 11.5 Å². The summed E-state index contributed by atoms with van der Waals surface area (Å²) in [6.45, 7) is 4.50. The number of carbonyl (C=O) groups is 1. The lowest BCUT2D eigenvalue weighted by molar-refractivity contribution is 0.252. The van der Waals surface area contributed by atoms with Gasteiger partial charge in [0, 0.05) is 11.3 Å². The number of amides is 2. The highest BCUT2D eigenvalue weighted by molar-refractivity contribution is 5.91. The van der Waals surface area contributed by atoms with Gasteiger partial charge in [0.2, 0.25) is 0 Å². The van der Waals surface area contributed by atoms with E-state index in [1.54, 1.807) is 24.3 Å². The highest BCUT2D eigenvalue weighted by Gasteiger charge is 2.08. The number of hydrazone groups is 1. The normalized spacial score (nSPS) is 10.4. The van der Waals surface area contributed by atoms with Gasteiger partial charge in [-0.05, 0) is 55.3 Å². The summed E-state index contributed by atoms with van der Waals surface area (Å²) >= 11 is 0. The van der Waals surface area contributed by atoms with Crippen LogP contribution in [0.3, 0.4) is 0 Å². The van der Waals surface area contributed by atoms with Gasteiger partial charge < -0.3 is 14.8 Å². The first kappa shape index (κ1) is 22.4. The summed E-state index contributed by atoms with van der Waals surface area (Å²) in [5.41, 5.74) is 6.23. The lowest BCUT2D eigenvalue weighted by Crippen LogP contribution is -2.24. The van der Waals surface area contributed by atoms with Gasteiger partial charge in [0.1, 0.15) is 6.61 Å². The third kappa shape index (κ3) is 6.09. The summed E-state index contributed by atoms with van der Waals surface area (Å²) in [5, 5.41) is 16.0. The molecule has 0 atom stereocenters. The van der Waals surface area contributed by atoms with Crippen LogP contribution in [0.5, 0.6) is 11.5 Å². The number of benzene rings is 3. The van der Waals surface area contributed by atoms with Crippen molar-refractivity contribution >= 4 is 17.9 Å². The molecule has 0 radical (unpaired) electrons. The Morgan fingerprint density at radius 3 is 2.62 bits per heavy atom. The van der Waals surface area contributed by atoms with Crippen molar-refractivity contribution < 1.29 is 14.3 Å². The summed E-state index contributed by atoms with van der Waals surface area (Å²) in [7, 11) is 0. The lowest BCUT2D eigenvalue weighted by atomic mass is 10.1. The number of nitriles is 1. The number of urea groups is 1. The topological polar surface area (TPSA) is 95.7 Å². The molecule has 7 heteroatoms. The van der Waals surface area contributed by atoms with E-state index in [1.807, 2.05) is 56.3 Å². The number of nitrogens with one attached hydrogen (secondary N) is 2. The van der Waals surface area contributed by atoms with Crippen LogP contribution < -0.4 is 20.2 Å². The fourth-order valence-corrected chi connectivity index (χ4v) is 2.93. The summed E-state index contributed by atoms with van der Waals surface area (Å²) < 4.78 is 11.6. The third-order valence-corrected chi connectivity index (χ3v) is 4.56. The predicted octanol–water partition coefficient (Wildman–Crippen LogP) is 5.00. The maximum atomic E-state index is 12.0. The van der Waals surface area contributed by atoms with Gasteiger partial charge in [0.25, 0.3) is 0 Å². The van der Waals surface area contributed by atoms with Crippen LogP contribution in [0.25, 0.3) is 0 Å². The largest absolute Gasteiger partial charge is 0.490 e. The Morgan fingerprint density at radius 2 is 1.84 bits per heavy atom. The Kier molecular flexibility index (Phi) is 7.82. The van der Waals surface area contributed by atoms with Crippen LogP contribution in [0.2, 0.25) is 0 Å². The molecule has 3 aromatic rings. The molecule has 0 fully saturated rings. The van der Waals surface area contributed by atoms with Gasteiger partial charge >= 0.3 is 6.03 Å². The molecule has 162 valence electrons. The number of hydrogen-bond donors (Lipinski definition) is 2. The van der Waals surface area contributed by atoms with Gasteiger partial charge in [-0.25, -0.2) is 10.2 Å². The van der Waals surface area contributed by atoms with Crippen molar-refractivity contribution in [2.45, 2.75) is 20.5 Å². The lowest BCUT2D eigenvalue weighted by Gasteiger charge is -2.13. The minimum atomic E-state index is -0.434. The maximum absolute atomic E-state index is 12.0. The number of rotatable bonds is 8. The van der Waals surface area contributed by atoms with Crippen LogP contribution in [-0.2, 0) is 6.61 Å². The molecular weight excluding hydrogens is 404 g/mol. The molecule has 3 aromatic carbocycles. The van der Waals surface area contributed by atoms with Crippen LogP contribution in [0, 0.1) is 18.3 Å². The average Bonchev–Trinajstić information content (AvgIpc) is 2.80. The number of nitrogens with zero attached hydrogens (tertiary/aromatic N) is 2. The average molecular weight is 428 g/mol. The van der Waals surface area contributed by atoms with E-state index in [4.69, 9.17) is 9.47 Å². The van der Waals surface area contributed by atoms with Crippen molar-refractivity contribution in [2.75, 3.05) is 11.9 Å². The molecule has 2 amide bonds. The first-order chi connectivity index (χ1) is 15.6. The molecule has 0 aromatic heterocycles. The SMILES string of the molecule is CCOc1cc(C=NNC(=O)Nc2ccccc2C)ccc1OCc1ccccc1C#N. The molecule has 2 N–H and O–H groups in total. The molecule has 0 aliphatic carbocycles. The number of hydrogen-bond acceptors (Lipinski definition) is 5. The van der Waals surface area contributed by atoms with Crippen molar-refractivity contribution in [1.82, 2.24) is 5.43 Å².